The van der Waals surface area contributed by atoms with Crippen molar-refractivity contribution < 1.29 is 4.79 Å². The summed E-state index contributed by atoms with van der Waals surface area (Å²) in [5, 5.41) is 2.77. The maximum atomic E-state index is 10.9. The van der Waals surface area contributed by atoms with Crippen molar-refractivity contribution in [3.05, 3.63) is 49.7 Å². The highest BCUT2D eigenvalue weighted by Crippen LogP contribution is 1.93. The van der Waals surface area contributed by atoms with Crippen LogP contribution in [0.25, 0.3) is 0 Å². The first-order chi connectivity index (χ1) is 7.72. The van der Waals surface area contributed by atoms with Crippen molar-refractivity contribution in [1.82, 2.24) is 5.32 Å². The number of amides is 1. The molecule has 17 heavy (non-hydrogen) atoms. The van der Waals surface area contributed by atoms with Crippen molar-refractivity contribution in [2.45, 2.75) is 33.7 Å². The molecule has 0 rings (SSSR count). The van der Waals surface area contributed by atoms with E-state index >= 15 is 0 Å². The molecule has 3 nitrogen and oxygen atoms in total. The van der Waals surface area contributed by atoms with Crippen LogP contribution in [0.2, 0.25) is 0 Å². The van der Waals surface area contributed by atoms with E-state index in [2.05, 4.69) is 18.5 Å². The van der Waals surface area contributed by atoms with Gasteiger partial charge in [-0.3, -0.25) is 4.79 Å². The van der Waals surface area contributed by atoms with Gasteiger partial charge in [0.25, 0.3) is 0 Å². The van der Waals surface area contributed by atoms with Crippen LogP contribution in [0.1, 0.15) is 27.7 Å². The van der Waals surface area contributed by atoms with Gasteiger partial charge in [0.1, 0.15) is 6.04 Å². The van der Waals surface area contributed by atoms with Crippen molar-refractivity contribution in [3.63, 3.8) is 0 Å². The molecular formula is C14H26N2O. The Bertz CT molecular complexity index is 255. The Morgan fingerprint density at radius 1 is 1.29 bits per heavy atom. The van der Waals surface area contributed by atoms with E-state index < -0.39 is 0 Å². The van der Waals surface area contributed by atoms with E-state index in [1.165, 1.54) is 6.20 Å². The fourth-order valence-corrected chi connectivity index (χ4v) is 0.845. The maximum absolute atomic E-state index is 10.9. The van der Waals surface area contributed by atoms with Gasteiger partial charge in [-0.05, 0) is 12.6 Å². The Morgan fingerprint density at radius 3 is 2.29 bits per heavy atom. The topological polar surface area (TPSA) is 55.1 Å². The first-order valence-corrected chi connectivity index (χ1v) is 5.33. The van der Waals surface area contributed by atoms with Crippen molar-refractivity contribution in [2.24, 2.45) is 5.73 Å². The van der Waals surface area contributed by atoms with Gasteiger partial charge in [-0.15, -0.1) is 0 Å². The van der Waals surface area contributed by atoms with Gasteiger partial charge in [0, 0.05) is 0 Å². The molecule has 0 aliphatic heterocycles. The van der Waals surface area contributed by atoms with Crippen LogP contribution in [-0.2, 0) is 4.79 Å². The Labute approximate surface area is 106 Å². The minimum absolute atomic E-state index is 0. The lowest BCUT2D eigenvalue weighted by atomic mass is 10.2. The fraction of sp³-hybridized carbons (Fsp3) is 0.357. The van der Waals surface area contributed by atoms with Crippen molar-refractivity contribution in [2.75, 3.05) is 0 Å². The zero-order valence-corrected chi connectivity index (χ0v) is 10.1. The van der Waals surface area contributed by atoms with Crippen LogP contribution in [0.15, 0.2) is 49.7 Å². The van der Waals surface area contributed by atoms with Gasteiger partial charge < -0.3 is 11.1 Å². The lowest BCUT2D eigenvalue weighted by molar-refractivity contribution is -0.119. The lowest BCUT2D eigenvalue weighted by Crippen LogP contribution is -2.37. The molecule has 0 aliphatic rings. The second-order valence-corrected chi connectivity index (χ2v) is 2.61. The number of rotatable bonds is 7. The summed E-state index contributed by atoms with van der Waals surface area (Å²) in [4.78, 5) is 10.9. The molecule has 0 spiro atoms. The summed E-state index contributed by atoms with van der Waals surface area (Å²) in [6.07, 6.45) is 11.0. The van der Waals surface area contributed by atoms with E-state index in [0.29, 0.717) is 6.42 Å². The molecule has 3 N–H and O–H groups in total. The number of carbonyl (C=O) groups excluding carboxylic acids is 1. The third kappa shape index (κ3) is 14.2. The second-order valence-electron chi connectivity index (χ2n) is 2.61. The Balaban J connectivity index is -0.000000616. The zero-order chi connectivity index (χ0) is 12.8. The summed E-state index contributed by atoms with van der Waals surface area (Å²) >= 11 is 0. The lowest BCUT2D eigenvalue weighted by Gasteiger charge is -2.09. The predicted octanol–water partition coefficient (Wildman–Crippen LogP) is 2.92. The Morgan fingerprint density at radius 2 is 1.88 bits per heavy atom. The van der Waals surface area contributed by atoms with E-state index in [9.17, 15) is 4.79 Å². The van der Waals surface area contributed by atoms with Gasteiger partial charge in [-0.25, -0.2) is 0 Å². The first-order valence-electron chi connectivity index (χ1n) is 5.33. The summed E-state index contributed by atoms with van der Waals surface area (Å²) in [7, 11) is 0. The zero-order valence-electron chi connectivity index (χ0n) is 10.1. The van der Waals surface area contributed by atoms with Gasteiger partial charge >= 0.3 is 0 Å². The van der Waals surface area contributed by atoms with E-state index in [1.54, 1.807) is 12.2 Å². The van der Waals surface area contributed by atoms with Gasteiger partial charge in [0.15, 0.2) is 0 Å². The summed E-state index contributed by atoms with van der Waals surface area (Å²) in [6.45, 7) is 11.0. The van der Waals surface area contributed by atoms with Crippen LogP contribution < -0.4 is 11.1 Å². The standard InChI is InChI=1S/C11H16N2O.C2H6.CH4/c1-3-5-6-7-8-9-10(11(12)14)13-4-2;1-2;/h3-8,10,13H,1-2,9H2,(H2,12,14);1-2H3;1H4/b6-5-,8-7+;;/t10-;;/m0../s1. The summed E-state index contributed by atoms with van der Waals surface area (Å²) in [6, 6.07) is -0.388. The molecular weight excluding hydrogens is 212 g/mol. The van der Waals surface area contributed by atoms with E-state index in [-0.39, 0.29) is 19.4 Å². The number of nitrogens with two attached hydrogens (primary N) is 1. The minimum atomic E-state index is -0.388. The molecule has 0 unspecified atom stereocenters. The number of nitrogens with one attached hydrogen (secondary N) is 1. The molecule has 98 valence electrons. The monoisotopic (exact) mass is 238 g/mol. The summed E-state index contributed by atoms with van der Waals surface area (Å²) in [5.41, 5.74) is 5.15. The molecule has 0 radical (unpaired) electrons. The van der Waals surface area contributed by atoms with E-state index in [0.717, 1.165) is 0 Å². The molecule has 0 aromatic carbocycles. The van der Waals surface area contributed by atoms with Crippen LogP contribution >= 0.6 is 0 Å². The molecule has 0 fully saturated rings. The number of primary amides is 1. The van der Waals surface area contributed by atoms with Crippen molar-refractivity contribution in [1.29, 1.82) is 0 Å². The molecule has 0 saturated carbocycles. The average molecular weight is 238 g/mol. The molecule has 0 bridgehead atoms. The number of carbonyl (C=O) groups is 1. The van der Waals surface area contributed by atoms with Crippen LogP contribution in [0.3, 0.4) is 0 Å². The quantitative estimate of drug-likeness (QED) is 0.670. The summed E-state index contributed by atoms with van der Waals surface area (Å²) < 4.78 is 0. The highest BCUT2D eigenvalue weighted by molar-refractivity contribution is 5.80. The Kier molecular flexibility index (Phi) is 20.2. The molecule has 0 heterocycles. The van der Waals surface area contributed by atoms with Gasteiger partial charge in [0.05, 0.1) is 0 Å². The van der Waals surface area contributed by atoms with Gasteiger partial charge in [0.2, 0.25) is 5.91 Å². The molecule has 1 atom stereocenters. The van der Waals surface area contributed by atoms with Crippen LogP contribution in [-0.4, -0.2) is 11.9 Å². The fourth-order valence-electron chi connectivity index (χ4n) is 0.845. The minimum Gasteiger partial charge on any atom is -0.380 e. The largest absolute Gasteiger partial charge is 0.380 e. The SMILES string of the molecule is C.C=C/C=C\C=C\C[C@H](NC=C)C(N)=O.CC. The average Bonchev–Trinajstić information content (AvgIpc) is 2.30. The third-order valence-corrected chi connectivity index (χ3v) is 1.53. The van der Waals surface area contributed by atoms with Crippen LogP contribution in [0.4, 0.5) is 0 Å². The van der Waals surface area contributed by atoms with Crippen LogP contribution in [0, 0.1) is 0 Å². The predicted molar refractivity (Wildman–Crippen MR) is 77.5 cm³/mol. The van der Waals surface area contributed by atoms with E-state index in [1.807, 2.05) is 32.1 Å². The van der Waals surface area contributed by atoms with Crippen molar-refractivity contribution >= 4 is 5.91 Å². The van der Waals surface area contributed by atoms with E-state index in [4.69, 9.17) is 5.73 Å². The van der Waals surface area contributed by atoms with Gasteiger partial charge in [-0.2, -0.15) is 0 Å². The molecule has 0 aliphatic carbocycles. The highest BCUT2D eigenvalue weighted by Gasteiger charge is 2.09. The summed E-state index contributed by atoms with van der Waals surface area (Å²) in [5.74, 6) is -0.387. The third-order valence-electron chi connectivity index (χ3n) is 1.53. The smallest absolute Gasteiger partial charge is 0.240 e. The highest BCUT2D eigenvalue weighted by atomic mass is 16.1. The Hall–Kier alpha value is -1.77. The molecule has 0 aromatic rings. The molecule has 3 heteroatoms. The normalized spacial score (nSPS) is 10.9. The van der Waals surface area contributed by atoms with Crippen LogP contribution in [0.5, 0.6) is 0 Å². The maximum Gasteiger partial charge on any atom is 0.240 e. The second kappa shape index (κ2) is 16.7. The van der Waals surface area contributed by atoms with Crippen molar-refractivity contribution in [3.8, 4) is 0 Å². The number of hydrogen-bond acceptors (Lipinski definition) is 2. The number of hydrogen-bond donors (Lipinski definition) is 2. The molecule has 0 saturated heterocycles. The number of allylic oxidation sites excluding steroid dienone is 4. The van der Waals surface area contributed by atoms with Gasteiger partial charge in [-0.1, -0.05) is 64.8 Å². The molecule has 1 amide bonds. The first kappa shape index (κ1) is 20.6. The molecule has 0 aromatic heterocycles.